The van der Waals surface area contributed by atoms with Crippen LogP contribution < -0.4 is 0 Å². The summed E-state index contributed by atoms with van der Waals surface area (Å²) < 4.78 is 5.43. The molecule has 13 heavy (non-hydrogen) atoms. The summed E-state index contributed by atoms with van der Waals surface area (Å²) in [5.41, 5.74) is 0. The van der Waals surface area contributed by atoms with Crippen molar-refractivity contribution in [2.75, 3.05) is 13.2 Å². The van der Waals surface area contributed by atoms with Gasteiger partial charge in [-0.2, -0.15) is 0 Å². The molecule has 1 atom stereocenters. The van der Waals surface area contributed by atoms with Crippen LogP contribution in [0, 0.1) is 44.1 Å². The van der Waals surface area contributed by atoms with Crippen molar-refractivity contribution in [3.05, 3.63) is 0 Å². The minimum Gasteiger partial charge on any atom is -0.394 e. The van der Waals surface area contributed by atoms with Crippen LogP contribution in [0.5, 0.6) is 0 Å². The normalized spacial score (nSPS) is 20.8. The molecule has 2 N–H and O–H groups in total. The Bertz CT molecular complexity index is 115. The maximum Gasteiger partial charge on any atom is 0.100 e. The third-order valence-corrected chi connectivity index (χ3v) is 2.29. The van der Waals surface area contributed by atoms with Gasteiger partial charge < -0.3 is 14.9 Å². The summed E-state index contributed by atoms with van der Waals surface area (Å²) in [6.45, 7) is 0.0773. The first kappa shape index (κ1) is 14.3. The predicted molar refractivity (Wildman–Crippen MR) is 45.9 cm³/mol. The zero-order valence-corrected chi connectivity index (χ0v) is 12.7. The third-order valence-electron chi connectivity index (χ3n) is 2.29. The summed E-state index contributed by atoms with van der Waals surface area (Å²) in [6, 6.07) is 0. The van der Waals surface area contributed by atoms with E-state index in [1.165, 1.54) is 19.3 Å². The molecule has 1 radical (unpaired) electrons. The van der Waals surface area contributed by atoms with Crippen LogP contribution in [0.4, 0.5) is 0 Å². The topological polar surface area (TPSA) is 49.7 Å². The predicted octanol–water partition coefficient (Wildman–Crippen LogP) is 0.689. The van der Waals surface area contributed by atoms with Gasteiger partial charge in [0, 0.05) is 44.1 Å². The van der Waals surface area contributed by atoms with Gasteiger partial charge in [0.2, 0.25) is 0 Å². The quantitative estimate of drug-likeness (QED) is 0.729. The van der Waals surface area contributed by atoms with E-state index in [1.807, 2.05) is 0 Å². The van der Waals surface area contributed by atoms with Gasteiger partial charge in [0.25, 0.3) is 0 Å². The van der Waals surface area contributed by atoms with E-state index in [0.717, 1.165) is 12.8 Å². The Kier molecular flexibility index (Phi) is 9.49. The van der Waals surface area contributed by atoms with Gasteiger partial charge in [-0.05, 0) is 12.8 Å². The van der Waals surface area contributed by atoms with E-state index in [1.54, 1.807) is 0 Å². The van der Waals surface area contributed by atoms with E-state index >= 15 is 0 Å². The Labute approximate surface area is 115 Å². The molecule has 1 aliphatic carbocycles. The molecule has 1 fully saturated rings. The summed E-state index contributed by atoms with van der Waals surface area (Å²) in [6.07, 6.45) is 5.62. The molecule has 0 saturated heterocycles. The molecule has 75 valence electrons. The monoisotopic (exact) mass is 401 g/mol. The summed E-state index contributed by atoms with van der Waals surface area (Å²) in [7, 11) is 0. The van der Waals surface area contributed by atoms with E-state index in [-0.39, 0.29) is 57.3 Å². The molecule has 1 unspecified atom stereocenters. The number of aliphatic hydroxyl groups is 2. The third kappa shape index (κ3) is 6.41. The molecule has 0 aromatic heterocycles. The van der Waals surface area contributed by atoms with Crippen molar-refractivity contribution in [3.8, 4) is 0 Å². The van der Waals surface area contributed by atoms with Gasteiger partial charge in [-0.25, -0.2) is 0 Å². The Balaban J connectivity index is 0.00000144. The molecule has 1 rings (SSSR count). The largest absolute Gasteiger partial charge is 0.394 e. The fourth-order valence-corrected chi connectivity index (χ4v) is 1.53. The molecule has 0 bridgehead atoms. The Morgan fingerprint density at radius 2 is 1.85 bits per heavy atom. The van der Waals surface area contributed by atoms with Crippen LogP contribution in [0.2, 0.25) is 0 Å². The summed E-state index contributed by atoms with van der Waals surface area (Å²) in [5, 5.41) is 17.5. The fourth-order valence-electron chi connectivity index (χ4n) is 1.53. The average Bonchev–Trinajstić information content (AvgIpc) is 2.16. The fraction of sp³-hybridized carbons (Fsp3) is 1.00. The van der Waals surface area contributed by atoms with Gasteiger partial charge in [-0.3, -0.25) is 0 Å². The van der Waals surface area contributed by atoms with Gasteiger partial charge in [-0.15, -0.1) is 0 Å². The second-order valence-electron chi connectivity index (χ2n) is 3.43. The van der Waals surface area contributed by atoms with Gasteiger partial charge in [-0.1, -0.05) is 19.3 Å². The maximum absolute atomic E-state index is 9.01. The number of rotatable bonds is 4. The van der Waals surface area contributed by atoms with Crippen LogP contribution >= 0.6 is 0 Å². The molecule has 3 nitrogen and oxygen atoms in total. The molecule has 4 heteroatoms. The molecule has 1 aliphatic rings. The second kappa shape index (κ2) is 8.62. The van der Waals surface area contributed by atoms with Crippen molar-refractivity contribution >= 4 is 0 Å². The molecular weight excluding hydrogens is 383 g/mol. The molecule has 0 amide bonds. The van der Waals surface area contributed by atoms with Gasteiger partial charge >= 0.3 is 0 Å². The standard InChI is InChI=1S/C9H18O3.Ac/c10-6-8(11)7-12-9-4-2-1-3-5-9;/h8-11H,1-7H2;. The van der Waals surface area contributed by atoms with E-state index < -0.39 is 6.10 Å². The van der Waals surface area contributed by atoms with Crippen molar-refractivity contribution in [2.45, 2.75) is 44.3 Å². The molecule has 0 spiro atoms. The van der Waals surface area contributed by atoms with Gasteiger partial charge in [0.05, 0.1) is 19.3 Å². The Morgan fingerprint density at radius 1 is 1.23 bits per heavy atom. The van der Waals surface area contributed by atoms with Crippen molar-refractivity contribution in [1.82, 2.24) is 0 Å². The van der Waals surface area contributed by atoms with Crippen molar-refractivity contribution in [3.63, 3.8) is 0 Å². The molecule has 0 aromatic rings. The smallest absolute Gasteiger partial charge is 0.100 e. The number of ether oxygens (including phenoxy) is 1. The second-order valence-corrected chi connectivity index (χ2v) is 3.43. The van der Waals surface area contributed by atoms with Crippen LogP contribution in [-0.4, -0.2) is 35.6 Å². The molecule has 1 saturated carbocycles. The van der Waals surface area contributed by atoms with Crippen molar-refractivity contribution in [1.29, 1.82) is 0 Å². The molecule has 0 heterocycles. The van der Waals surface area contributed by atoms with Crippen LogP contribution in [0.3, 0.4) is 0 Å². The number of aliphatic hydroxyl groups excluding tert-OH is 2. The molecule has 0 aromatic carbocycles. The van der Waals surface area contributed by atoms with E-state index in [0.29, 0.717) is 6.10 Å². The van der Waals surface area contributed by atoms with Crippen LogP contribution in [-0.2, 0) is 4.74 Å². The molecular formula is C9H18AcO3. The summed E-state index contributed by atoms with van der Waals surface area (Å²) in [4.78, 5) is 0. The first-order valence-electron chi connectivity index (χ1n) is 4.73. The van der Waals surface area contributed by atoms with Crippen LogP contribution in [0.15, 0.2) is 0 Å². The minimum atomic E-state index is -0.702. The van der Waals surface area contributed by atoms with Crippen LogP contribution in [0.25, 0.3) is 0 Å². The van der Waals surface area contributed by atoms with Crippen molar-refractivity contribution in [2.24, 2.45) is 0 Å². The van der Waals surface area contributed by atoms with E-state index in [9.17, 15) is 0 Å². The summed E-state index contributed by atoms with van der Waals surface area (Å²) in [5.74, 6) is 0. The summed E-state index contributed by atoms with van der Waals surface area (Å²) >= 11 is 0. The first-order chi connectivity index (χ1) is 5.83. The van der Waals surface area contributed by atoms with Crippen molar-refractivity contribution < 1.29 is 59.0 Å². The van der Waals surface area contributed by atoms with Gasteiger partial charge in [0.15, 0.2) is 0 Å². The average molecular weight is 401 g/mol. The zero-order chi connectivity index (χ0) is 8.81. The maximum atomic E-state index is 9.01. The molecule has 0 aliphatic heterocycles. The van der Waals surface area contributed by atoms with E-state index in [4.69, 9.17) is 14.9 Å². The van der Waals surface area contributed by atoms with E-state index in [2.05, 4.69) is 0 Å². The first-order valence-corrected chi connectivity index (χ1v) is 4.73. The minimum absolute atomic E-state index is 0. The SMILES string of the molecule is OCC(O)COC1CCCCC1.[Ac]. The van der Waals surface area contributed by atoms with Crippen LogP contribution in [0.1, 0.15) is 32.1 Å². The van der Waals surface area contributed by atoms with Gasteiger partial charge in [0.1, 0.15) is 6.10 Å². The number of hydrogen-bond acceptors (Lipinski definition) is 3. The zero-order valence-electron chi connectivity index (χ0n) is 7.98. The Hall–Kier alpha value is 1.32. The Morgan fingerprint density at radius 3 is 2.38 bits per heavy atom. The number of hydrogen-bond donors (Lipinski definition) is 2.